The number of rotatable bonds is 6. The molecule has 1 amide bonds. The number of aryl methyl sites for hydroxylation is 1. The van der Waals surface area contributed by atoms with Gasteiger partial charge in [0.05, 0.1) is 27.8 Å². The number of benzene rings is 2. The van der Waals surface area contributed by atoms with E-state index in [4.69, 9.17) is 16.1 Å². The van der Waals surface area contributed by atoms with Gasteiger partial charge in [-0.2, -0.15) is 18.2 Å². The van der Waals surface area contributed by atoms with Crippen LogP contribution in [0.5, 0.6) is 0 Å². The van der Waals surface area contributed by atoms with E-state index in [9.17, 15) is 18.0 Å². The van der Waals surface area contributed by atoms with Crippen LogP contribution in [-0.2, 0) is 16.7 Å². The number of halogens is 4. The molecule has 0 spiro atoms. The Morgan fingerprint density at radius 1 is 1.21 bits per heavy atom. The zero-order valence-corrected chi connectivity index (χ0v) is 16.7. The molecule has 1 aromatic heterocycles. The molecule has 0 bridgehead atoms. The van der Waals surface area contributed by atoms with Gasteiger partial charge >= 0.3 is 6.18 Å². The molecule has 0 aliphatic carbocycles. The Kier molecular flexibility index (Phi) is 6.49. The van der Waals surface area contributed by atoms with Gasteiger partial charge in [-0.25, -0.2) is 0 Å². The van der Waals surface area contributed by atoms with Crippen molar-refractivity contribution in [1.82, 2.24) is 10.1 Å². The van der Waals surface area contributed by atoms with E-state index in [2.05, 4.69) is 15.5 Å². The normalized spacial score (nSPS) is 11.5. The summed E-state index contributed by atoms with van der Waals surface area (Å²) in [6, 6.07) is 10.9. The van der Waals surface area contributed by atoms with Crippen LogP contribution >= 0.6 is 23.4 Å². The van der Waals surface area contributed by atoms with Crippen LogP contribution in [0.3, 0.4) is 0 Å². The van der Waals surface area contributed by atoms with Crippen molar-refractivity contribution in [3.05, 3.63) is 64.5 Å². The van der Waals surface area contributed by atoms with Crippen molar-refractivity contribution in [3.63, 3.8) is 0 Å². The fourth-order valence-electron chi connectivity index (χ4n) is 2.43. The van der Waals surface area contributed by atoms with E-state index in [0.717, 1.165) is 29.0 Å². The van der Waals surface area contributed by atoms with Crippen molar-refractivity contribution in [2.45, 2.75) is 18.9 Å². The second-order valence-corrected chi connectivity index (χ2v) is 7.47. The Morgan fingerprint density at radius 2 is 1.93 bits per heavy atom. The standard InChI is InChI=1S/C19H15ClF3N3O2S/c1-11-5-7-12(8-6-11)18-25-16(28-26-18)10-29-9-15(27)24-17-13(19(21,22)23)3-2-4-14(17)20/h2-8H,9-10H2,1H3,(H,24,27). The highest BCUT2D eigenvalue weighted by Gasteiger charge is 2.34. The maximum atomic E-state index is 13.1. The first kappa shape index (κ1) is 21.2. The van der Waals surface area contributed by atoms with Crippen LogP contribution in [0.15, 0.2) is 47.0 Å². The molecule has 2 aromatic carbocycles. The van der Waals surface area contributed by atoms with Gasteiger partial charge in [0.1, 0.15) is 0 Å². The lowest BCUT2D eigenvalue weighted by Crippen LogP contribution is -2.18. The number of carbonyl (C=O) groups is 1. The Hall–Kier alpha value is -2.52. The van der Waals surface area contributed by atoms with Crippen molar-refractivity contribution in [3.8, 4) is 11.4 Å². The van der Waals surface area contributed by atoms with Crippen molar-refractivity contribution in [2.75, 3.05) is 11.1 Å². The number of nitrogens with zero attached hydrogens (tertiary/aromatic N) is 2. The predicted molar refractivity (Wildman–Crippen MR) is 106 cm³/mol. The molecule has 1 heterocycles. The Bertz CT molecular complexity index is 1010. The molecule has 5 nitrogen and oxygen atoms in total. The van der Waals surface area contributed by atoms with Gasteiger partial charge in [0.15, 0.2) is 0 Å². The van der Waals surface area contributed by atoms with Crippen molar-refractivity contribution in [2.24, 2.45) is 0 Å². The molecule has 0 aliphatic heterocycles. The third-order valence-corrected chi connectivity index (χ3v) is 5.05. The summed E-state index contributed by atoms with van der Waals surface area (Å²) in [6.45, 7) is 1.97. The van der Waals surface area contributed by atoms with E-state index in [1.165, 1.54) is 12.1 Å². The molecule has 0 fully saturated rings. The Morgan fingerprint density at radius 3 is 2.62 bits per heavy atom. The van der Waals surface area contributed by atoms with Crippen LogP contribution in [0.1, 0.15) is 17.0 Å². The van der Waals surface area contributed by atoms with E-state index in [1.807, 2.05) is 31.2 Å². The van der Waals surface area contributed by atoms with Gasteiger partial charge in [0, 0.05) is 5.56 Å². The van der Waals surface area contributed by atoms with Gasteiger partial charge in [-0.1, -0.05) is 52.7 Å². The molecule has 152 valence electrons. The molecule has 10 heteroatoms. The van der Waals surface area contributed by atoms with E-state index >= 15 is 0 Å². The summed E-state index contributed by atoms with van der Waals surface area (Å²) < 4.78 is 44.4. The molecule has 0 atom stereocenters. The van der Waals surface area contributed by atoms with Crippen LogP contribution < -0.4 is 5.32 Å². The number of anilines is 1. The summed E-state index contributed by atoms with van der Waals surface area (Å²) in [5.41, 5.74) is 0.452. The van der Waals surface area contributed by atoms with Gasteiger partial charge in [0.2, 0.25) is 17.6 Å². The molecule has 3 aromatic rings. The summed E-state index contributed by atoms with van der Waals surface area (Å²) in [5, 5.41) is 5.94. The van der Waals surface area contributed by atoms with E-state index in [1.54, 1.807) is 0 Å². The highest BCUT2D eigenvalue weighted by Crippen LogP contribution is 2.38. The maximum Gasteiger partial charge on any atom is 0.418 e. The fraction of sp³-hybridized carbons (Fsp3) is 0.211. The van der Waals surface area contributed by atoms with E-state index in [0.29, 0.717) is 11.7 Å². The molecule has 0 radical (unpaired) electrons. The lowest BCUT2D eigenvalue weighted by atomic mass is 10.1. The summed E-state index contributed by atoms with van der Waals surface area (Å²) in [7, 11) is 0. The monoisotopic (exact) mass is 441 g/mol. The highest BCUT2D eigenvalue weighted by molar-refractivity contribution is 7.99. The van der Waals surface area contributed by atoms with Crippen molar-refractivity contribution >= 4 is 35.0 Å². The molecule has 29 heavy (non-hydrogen) atoms. The summed E-state index contributed by atoms with van der Waals surface area (Å²) >= 11 is 6.96. The summed E-state index contributed by atoms with van der Waals surface area (Å²) in [5.74, 6) is 0.251. The number of hydrogen-bond acceptors (Lipinski definition) is 5. The van der Waals surface area contributed by atoms with Gasteiger partial charge in [0.25, 0.3) is 0 Å². The zero-order chi connectivity index (χ0) is 21.0. The SMILES string of the molecule is Cc1ccc(-c2noc(CSCC(=O)Nc3c(Cl)cccc3C(F)(F)F)n2)cc1. The summed E-state index contributed by atoms with van der Waals surface area (Å²) in [6.07, 6.45) is -4.63. The van der Waals surface area contributed by atoms with Crippen molar-refractivity contribution in [1.29, 1.82) is 0 Å². The lowest BCUT2D eigenvalue weighted by Gasteiger charge is -2.14. The number of para-hydroxylation sites is 1. The first-order chi connectivity index (χ1) is 13.7. The Labute approximate surface area is 173 Å². The van der Waals surface area contributed by atoms with E-state index < -0.39 is 23.3 Å². The van der Waals surface area contributed by atoms with Crippen LogP contribution in [0.2, 0.25) is 5.02 Å². The maximum absolute atomic E-state index is 13.1. The minimum absolute atomic E-state index is 0.106. The third-order valence-electron chi connectivity index (χ3n) is 3.82. The van der Waals surface area contributed by atoms with Crippen molar-refractivity contribution < 1.29 is 22.5 Å². The second-order valence-electron chi connectivity index (χ2n) is 6.08. The largest absolute Gasteiger partial charge is 0.418 e. The van der Waals surface area contributed by atoms with Crippen LogP contribution in [-0.4, -0.2) is 21.8 Å². The average molecular weight is 442 g/mol. The van der Waals surface area contributed by atoms with E-state index in [-0.39, 0.29) is 16.5 Å². The molecule has 3 rings (SSSR count). The first-order valence-electron chi connectivity index (χ1n) is 8.37. The first-order valence-corrected chi connectivity index (χ1v) is 9.90. The molecule has 0 saturated carbocycles. The number of thioether (sulfide) groups is 1. The topological polar surface area (TPSA) is 68.0 Å². The van der Waals surface area contributed by atoms with Crippen LogP contribution in [0, 0.1) is 6.92 Å². The number of carbonyl (C=O) groups excluding carboxylic acids is 1. The quantitative estimate of drug-likeness (QED) is 0.540. The predicted octanol–water partition coefficient (Wildman–Crippen LogP) is 5.59. The number of hydrogen-bond donors (Lipinski definition) is 1. The van der Waals surface area contributed by atoms with Gasteiger partial charge in [-0.15, -0.1) is 11.8 Å². The molecule has 0 aliphatic rings. The van der Waals surface area contributed by atoms with Crippen LogP contribution in [0.25, 0.3) is 11.4 Å². The molecular weight excluding hydrogens is 427 g/mol. The zero-order valence-electron chi connectivity index (χ0n) is 15.1. The lowest BCUT2D eigenvalue weighted by molar-refractivity contribution is -0.137. The fourth-order valence-corrected chi connectivity index (χ4v) is 3.30. The van der Waals surface area contributed by atoms with Crippen LogP contribution in [0.4, 0.5) is 18.9 Å². The molecular formula is C19H15ClF3N3O2S. The number of aromatic nitrogens is 2. The molecule has 1 N–H and O–H groups in total. The minimum Gasteiger partial charge on any atom is -0.338 e. The second kappa shape index (κ2) is 8.87. The molecule has 0 saturated heterocycles. The van der Waals surface area contributed by atoms with Gasteiger partial charge in [-0.3, -0.25) is 4.79 Å². The van der Waals surface area contributed by atoms with Gasteiger partial charge < -0.3 is 9.84 Å². The smallest absolute Gasteiger partial charge is 0.338 e. The third kappa shape index (κ3) is 5.51. The number of alkyl halides is 3. The van der Waals surface area contributed by atoms with Gasteiger partial charge in [-0.05, 0) is 19.1 Å². The number of amides is 1. The average Bonchev–Trinajstić information content (AvgIpc) is 3.12. The molecule has 0 unspecified atom stereocenters. The minimum atomic E-state index is -4.63. The Balaban J connectivity index is 1.57. The highest BCUT2D eigenvalue weighted by atomic mass is 35.5. The number of nitrogens with one attached hydrogen (secondary N) is 1. The summed E-state index contributed by atoms with van der Waals surface area (Å²) in [4.78, 5) is 16.3.